The Morgan fingerprint density at radius 3 is 2.63 bits per heavy atom. The van der Waals surface area contributed by atoms with E-state index in [-0.39, 0.29) is 17.8 Å². The zero-order chi connectivity index (χ0) is 14.6. The molecule has 0 aliphatic heterocycles. The molecule has 1 aromatic carbocycles. The number of hydrogen-bond acceptors (Lipinski definition) is 5. The molecule has 0 fully saturated rings. The maximum atomic E-state index is 11.9. The fourth-order valence-corrected chi connectivity index (χ4v) is 2.68. The maximum Gasteiger partial charge on any atom is 0.271 e. The van der Waals surface area contributed by atoms with Crippen molar-refractivity contribution in [1.29, 1.82) is 5.26 Å². The van der Waals surface area contributed by atoms with Gasteiger partial charge in [0.25, 0.3) is 5.69 Å². The van der Waals surface area contributed by atoms with Crippen LogP contribution in [0.2, 0.25) is 0 Å². The molecule has 0 amide bonds. The summed E-state index contributed by atoms with van der Waals surface area (Å²) >= 11 is 0. The Morgan fingerprint density at radius 1 is 1.53 bits per heavy atom. The van der Waals surface area contributed by atoms with E-state index in [1.165, 1.54) is 12.1 Å². The second kappa shape index (κ2) is 5.67. The van der Waals surface area contributed by atoms with Gasteiger partial charge in [0.1, 0.15) is 0 Å². The van der Waals surface area contributed by atoms with Gasteiger partial charge >= 0.3 is 0 Å². The first kappa shape index (κ1) is 14.9. The predicted molar refractivity (Wildman–Crippen MR) is 70.1 cm³/mol. The monoisotopic (exact) mass is 283 g/mol. The molecule has 0 saturated heterocycles. The summed E-state index contributed by atoms with van der Waals surface area (Å²) in [6.45, 7) is 3.20. The van der Waals surface area contributed by atoms with Crippen molar-refractivity contribution < 1.29 is 13.3 Å². The van der Waals surface area contributed by atoms with E-state index in [9.17, 15) is 18.5 Å². The van der Waals surface area contributed by atoms with Gasteiger partial charge in [-0.25, -0.2) is 8.42 Å². The largest absolute Gasteiger partial charge is 0.282 e. The van der Waals surface area contributed by atoms with Crippen LogP contribution in [0.4, 0.5) is 11.4 Å². The normalized spacial score (nSPS) is 12.5. The molecule has 1 rings (SSSR count). The molecule has 1 aromatic rings. The van der Waals surface area contributed by atoms with Crippen molar-refractivity contribution in [2.45, 2.75) is 25.5 Å². The SMILES string of the molecule is CCC(C#N)S(=O)(=O)Nc1cc([N+](=O)[O-])ccc1C. The first-order valence-electron chi connectivity index (χ1n) is 5.48. The average molecular weight is 283 g/mol. The van der Waals surface area contributed by atoms with E-state index in [2.05, 4.69) is 4.72 Å². The van der Waals surface area contributed by atoms with Gasteiger partial charge in [-0.3, -0.25) is 14.8 Å². The molecule has 102 valence electrons. The van der Waals surface area contributed by atoms with Gasteiger partial charge in [-0.15, -0.1) is 0 Å². The van der Waals surface area contributed by atoms with Gasteiger partial charge in [0.15, 0.2) is 5.25 Å². The van der Waals surface area contributed by atoms with E-state index in [0.29, 0.717) is 5.56 Å². The molecule has 1 unspecified atom stereocenters. The highest BCUT2D eigenvalue weighted by molar-refractivity contribution is 7.93. The highest BCUT2D eigenvalue weighted by Gasteiger charge is 2.24. The molecule has 0 aliphatic carbocycles. The van der Waals surface area contributed by atoms with Gasteiger partial charge in [0, 0.05) is 12.1 Å². The Morgan fingerprint density at radius 2 is 2.16 bits per heavy atom. The van der Waals surface area contributed by atoms with Gasteiger partial charge in [-0.2, -0.15) is 5.26 Å². The number of rotatable bonds is 5. The van der Waals surface area contributed by atoms with Crippen LogP contribution in [0.1, 0.15) is 18.9 Å². The van der Waals surface area contributed by atoms with Gasteiger partial charge in [-0.1, -0.05) is 13.0 Å². The van der Waals surface area contributed by atoms with Crippen LogP contribution in [-0.2, 0) is 10.0 Å². The van der Waals surface area contributed by atoms with Crippen LogP contribution in [0.25, 0.3) is 0 Å². The Hall–Kier alpha value is -2.14. The molecular weight excluding hydrogens is 270 g/mol. The Kier molecular flexibility index (Phi) is 4.45. The van der Waals surface area contributed by atoms with E-state index in [1.807, 2.05) is 0 Å². The summed E-state index contributed by atoms with van der Waals surface area (Å²) in [6, 6.07) is 5.55. The molecule has 0 heterocycles. The minimum absolute atomic E-state index is 0.114. The number of hydrogen-bond donors (Lipinski definition) is 1. The molecule has 1 N–H and O–H groups in total. The number of sulfonamides is 1. The number of nitro benzene ring substituents is 1. The molecule has 7 nitrogen and oxygen atoms in total. The summed E-state index contributed by atoms with van der Waals surface area (Å²) in [5.41, 5.74) is 0.443. The van der Waals surface area contributed by atoms with Crippen molar-refractivity contribution >= 4 is 21.4 Å². The second-order valence-corrected chi connectivity index (χ2v) is 5.79. The third-order valence-electron chi connectivity index (χ3n) is 2.57. The summed E-state index contributed by atoms with van der Waals surface area (Å²) in [7, 11) is -3.87. The number of nitrogens with one attached hydrogen (secondary N) is 1. The van der Waals surface area contributed by atoms with Crippen LogP contribution in [-0.4, -0.2) is 18.6 Å². The summed E-state index contributed by atoms with van der Waals surface area (Å²) in [5.74, 6) is 0. The van der Waals surface area contributed by atoms with Crippen molar-refractivity contribution in [1.82, 2.24) is 0 Å². The summed E-state index contributed by atoms with van der Waals surface area (Å²) in [6.07, 6.45) is 0.139. The third kappa shape index (κ3) is 3.42. The third-order valence-corrected chi connectivity index (χ3v) is 4.27. The Labute approximate surface area is 111 Å². The molecule has 1 atom stereocenters. The molecule has 8 heteroatoms. The Bertz CT molecular complexity index is 634. The molecule has 0 saturated carbocycles. The quantitative estimate of drug-likeness (QED) is 0.655. The number of anilines is 1. The minimum Gasteiger partial charge on any atom is -0.282 e. The summed E-state index contributed by atoms with van der Waals surface area (Å²) < 4.78 is 26.0. The molecule has 0 spiro atoms. The van der Waals surface area contributed by atoms with Crippen molar-refractivity contribution in [2.24, 2.45) is 0 Å². The standard InChI is InChI=1S/C11H13N3O4S/c1-3-10(7-12)19(17,18)13-11-6-9(14(15)16)5-4-8(11)2/h4-6,10,13H,3H2,1-2H3. The smallest absolute Gasteiger partial charge is 0.271 e. The fourth-order valence-electron chi connectivity index (χ4n) is 1.44. The van der Waals surface area contributed by atoms with E-state index in [4.69, 9.17) is 5.26 Å². The summed E-state index contributed by atoms with van der Waals surface area (Å²) in [5, 5.41) is 18.2. The Balaban J connectivity index is 3.16. The number of non-ortho nitro benzene ring substituents is 1. The van der Waals surface area contributed by atoms with Gasteiger partial charge in [0.05, 0.1) is 16.7 Å². The molecule has 19 heavy (non-hydrogen) atoms. The number of benzene rings is 1. The minimum atomic E-state index is -3.87. The maximum absolute atomic E-state index is 11.9. The molecule has 0 aromatic heterocycles. The first-order valence-corrected chi connectivity index (χ1v) is 7.02. The summed E-state index contributed by atoms with van der Waals surface area (Å²) in [4.78, 5) is 10.0. The van der Waals surface area contributed by atoms with Crippen molar-refractivity contribution in [3.63, 3.8) is 0 Å². The van der Waals surface area contributed by atoms with Gasteiger partial charge < -0.3 is 0 Å². The molecular formula is C11H13N3O4S. The van der Waals surface area contributed by atoms with Crippen LogP contribution in [0.5, 0.6) is 0 Å². The molecule has 0 aliphatic rings. The van der Waals surface area contributed by atoms with E-state index in [0.717, 1.165) is 6.07 Å². The lowest BCUT2D eigenvalue weighted by Crippen LogP contribution is -2.26. The van der Waals surface area contributed by atoms with Crippen LogP contribution in [0.15, 0.2) is 18.2 Å². The van der Waals surface area contributed by atoms with Crippen LogP contribution < -0.4 is 4.72 Å². The average Bonchev–Trinajstić information content (AvgIpc) is 2.32. The van der Waals surface area contributed by atoms with Crippen LogP contribution >= 0.6 is 0 Å². The molecule has 0 bridgehead atoms. The lowest BCUT2D eigenvalue weighted by atomic mass is 10.2. The van der Waals surface area contributed by atoms with Crippen molar-refractivity contribution in [3.8, 4) is 6.07 Å². The first-order chi connectivity index (χ1) is 8.81. The zero-order valence-corrected chi connectivity index (χ0v) is 11.3. The van der Waals surface area contributed by atoms with E-state index < -0.39 is 20.2 Å². The number of aryl methyl sites for hydroxylation is 1. The highest BCUT2D eigenvalue weighted by atomic mass is 32.2. The predicted octanol–water partition coefficient (Wildman–Crippen LogP) is 1.95. The van der Waals surface area contributed by atoms with E-state index >= 15 is 0 Å². The fraction of sp³-hybridized carbons (Fsp3) is 0.364. The lowest BCUT2D eigenvalue weighted by Gasteiger charge is -2.12. The number of nitriles is 1. The zero-order valence-electron chi connectivity index (χ0n) is 10.5. The van der Waals surface area contributed by atoms with Crippen molar-refractivity contribution in [3.05, 3.63) is 33.9 Å². The second-order valence-electron chi connectivity index (χ2n) is 3.93. The van der Waals surface area contributed by atoms with Crippen LogP contribution in [0, 0.1) is 28.4 Å². The van der Waals surface area contributed by atoms with Gasteiger partial charge in [0.2, 0.25) is 10.0 Å². The van der Waals surface area contributed by atoms with Crippen LogP contribution in [0.3, 0.4) is 0 Å². The topological polar surface area (TPSA) is 113 Å². The highest BCUT2D eigenvalue weighted by Crippen LogP contribution is 2.23. The number of nitro groups is 1. The van der Waals surface area contributed by atoms with Gasteiger partial charge in [-0.05, 0) is 18.9 Å². The van der Waals surface area contributed by atoms with Crippen molar-refractivity contribution in [2.75, 3.05) is 4.72 Å². The molecule has 0 radical (unpaired) electrons. The number of nitrogens with zero attached hydrogens (tertiary/aromatic N) is 2. The van der Waals surface area contributed by atoms with E-state index in [1.54, 1.807) is 19.9 Å². The lowest BCUT2D eigenvalue weighted by molar-refractivity contribution is -0.384.